The van der Waals surface area contributed by atoms with Crippen molar-refractivity contribution < 1.29 is 13.9 Å². The molecule has 0 aliphatic heterocycles. The van der Waals surface area contributed by atoms with Gasteiger partial charge in [0, 0.05) is 11.3 Å². The Morgan fingerprint density at radius 3 is 2.90 bits per heavy atom. The van der Waals surface area contributed by atoms with Gasteiger partial charge in [0.05, 0.1) is 17.9 Å². The molecule has 0 amide bonds. The number of esters is 1. The lowest BCUT2D eigenvalue weighted by Crippen LogP contribution is -2.05. The van der Waals surface area contributed by atoms with Crippen LogP contribution in [-0.2, 0) is 11.2 Å². The minimum Gasteiger partial charge on any atom is -0.462 e. The van der Waals surface area contributed by atoms with Crippen LogP contribution in [0.1, 0.15) is 32.6 Å². The topological polar surface area (TPSA) is 76.1 Å². The Morgan fingerprint density at radius 1 is 1.52 bits per heavy atom. The van der Waals surface area contributed by atoms with Gasteiger partial charge >= 0.3 is 5.97 Å². The molecule has 2 aromatic rings. The smallest absolute Gasteiger partial charge is 0.350 e. The standard InChI is InChI=1S/C15H13FN2O2S/c1-2-20-15(19)14-13(18)11(8-17)12(21-14)7-9-4-3-5-10(16)6-9/h3-6H,2,7,18H2,1H3. The van der Waals surface area contributed by atoms with Crippen LogP contribution in [0.5, 0.6) is 0 Å². The molecule has 4 nitrogen and oxygen atoms in total. The molecule has 0 unspecified atom stereocenters. The Kier molecular flexibility index (Phi) is 4.55. The molecule has 0 fully saturated rings. The van der Waals surface area contributed by atoms with E-state index in [1.54, 1.807) is 19.1 Å². The number of rotatable bonds is 4. The average molecular weight is 304 g/mol. The molecule has 6 heteroatoms. The van der Waals surface area contributed by atoms with E-state index in [-0.39, 0.29) is 28.6 Å². The quantitative estimate of drug-likeness (QED) is 0.881. The van der Waals surface area contributed by atoms with E-state index in [0.29, 0.717) is 16.9 Å². The van der Waals surface area contributed by atoms with Gasteiger partial charge in [-0.3, -0.25) is 0 Å². The van der Waals surface area contributed by atoms with E-state index in [1.807, 2.05) is 6.07 Å². The molecule has 1 aromatic heterocycles. The molecule has 1 aromatic carbocycles. The van der Waals surface area contributed by atoms with Crippen molar-refractivity contribution in [3.8, 4) is 6.07 Å². The number of anilines is 1. The molecule has 1 heterocycles. The monoisotopic (exact) mass is 304 g/mol. The Hall–Kier alpha value is -2.39. The second kappa shape index (κ2) is 6.37. The summed E-state index contributed by atoms with van der Waals surface area (Å²) in [4.78, 5) is 12.6. The minimum absolute atomic E-state index is 0.132. The van der Waals surface area contributed by atoms with Crippen molar-refractivity contribution in [2.24, 2.45) is 0 Å². The molecule has 0 saturated heterocycles. The third-order valence-corrected chi connectivity index (χ3v) is 4.03. The van der Waals surface area contributed by atoms with Gasteiger partial charge in [0.2, 0.25) is 0 Å². The van der Waals surface area contributed by atoms with Gasteiger partial charge in [-0.05, 0) is 24.6 Å². The molecule has 0 atom stereocenters. The number of benzene rings is 1. The van der Waals surface area contributed by atoms with Gasteiger partial charge in [0.25, 0.3) is 0 Å². The van der Waals surface area contributed by atoms with Crippen molar-refractivity contribution in [1.82, 2.24) is 0 Å². The van der Waals surface area contributed by atoms with Crippen LogP contribution in [0.4, 0.5) is 10.1 Å². The highest BCUT2D eigenvalue weighted by Gasteiger charge is 2.22. The molecule has 2 rings (SSSR count). The predicted octanol–water partition coefficient (Wildman–Crippen LogP) is 3.11. The summed E-state index contributed by atoms with van der Waals surface area (Å²) in [6.07, 6.45) is 0.342. The van der Waals surface area contributed by atoms with Crippen LogP contribution in [0.2, 0.25) is 0 Å². The number of hydrogen-bond donors (Lipinski definition) is 1. The summed E-state index contributed by atoms with van der Waals surface area (Å²) in [6.45, 7) is 1.93. The zero-order chi connectivity index (χ0) is 15.4. The number of hydrogen-bond acceptors (Lipinski definition) is 5. The number of carbonyl (C=O) groups excluding carboxylic acids is 1. The van der Waals surface area contributed by atoms with E-state index < -0.39 is 5.97 Å². The molecular weight excluding hydrogens is 291 g/mol. The second-order valence-electron chi connectivity index (χ2n) is 4.28. The summed E-state index contributed by atoms with van der Waals surface area (Å²) in [5, 5.41) is 9.21. The summed E-state index contributed by atoms with van der Waals surface area (Å²) < 4.78 is 18.1. The maximum atomic E-state index is 13.2. The van der Waals surface area contributed by atoms with Crippen LogP contribution in [-0.4, -0.2) is 12.6 Å². The van der Waals surface area contributed by atoms with Crippen molar-refractivity contribution >= 4 is 23.0 Å². The third-order valence-electron chi connectivity index (χ3n) is 2.84. The van der Waals surface area contributed by atoms with Gasteiger partial charge in [-0.25, -0.2) is 9.18 Å². The molecule has 108 valence electrons. The van der Waals surface area contributed by atoms with Gasteiger partial charge < -0.3 is 10.5 Å². The van der Waals surface area contributed by atoms with Crippen molar-refractivity contribution in [2.75, 3.05) is 12.3 Å². The molecule has 0 saturated carbocycles. The third kappa shape index (κ3) is 3.20. The minimum atomic E-state index is -0.540. The fourth-order valence-electron chi connectivity index (χ4n) is 1.92. The molecule has 0 radical (unpaired) electrons. The number of nitrogens with two attached hydrogens (primary N) is 1. The first-order chi connectivity index (χ1) is 10.1. The van der Waals surface area contributed by atoms with Crippen molar-refractivity contribution in [3.05, 3.63) is 51.0 Å². The first-order valence-electron chi connectivity index (χ1n) is 6.29. The SMILES string of the molecule is CCOC(=O)c1sc(Cc2cccc(F)c2)c(C#N)c1N. The highest BCUT2D eigenvalue weighted by molar-refractivity contribution is 7.14. The molecule has 21 heavy (non-hydrogen) atoms. The Bertz CT molecular complexity index is 719. The largest absolute Gasteiger partial charge is 0.462 e. The number of nitriles is 1. The predicted molar refractivity (Wildman–Crippen MR) is 78.6 cm³/mol. The summed E-state index contributed by atoms with van der Waals surface area (Å²) in [6, 6.07) is 8.09. The highest BCUT2D eigenvalue weighted by Crippen LogP contribution is 2.33. The van der Waals surface area contributed by atoms with Gasteiger partial charge in [0.15, 0.2) is 0 Å². The number of ether oxygens (including phenoxy) is 1. The zero-order valence-electron chi connectivity index (χ0n) is 11.4. The van der Waals surface area contributed by atoms with Crippen molar-refractivity contribution in [2.45, 2.75) is 13.3 Å². The van der Waals surface area contributed by atoms with E-state index in [9.17, 15) is 14.4 Å². The Morgan fingerprint density at radius 2 is 2.29 bits per heavy atom. The van der Waals surface area contributed by atoms with Crippen molar-refractivity contribution in [3.63, 3.8) is 0 Å². The lowest BCUT2D eigenvalue weighted by atomic mass is 10.1. The fourth-order valence-corrected chi connectivity index (χ4v) is 3.02. The second-order valence-corrected chi connectivity index (χ2v) is 5.39. The number of halogens is 1. The van der Waals surface area contributed by atoms with Crippen LogP contribution in [0.3, 0.4) is 0 Å². The van der Waals surface area contributed by atoms with Gasteiger partial charge in [-0.15, -0.1) is 11.3 Å². The lowest BCUT2D eigenvalue weighted by molar-refractivity contribution is 0.0533. The van der Waals surface area contributed by atoms with Gasteiger partial charge in [-0.1, -0.05) is 12.1 Å². The van der Waals surface area contributed by atoms with Crippen LogP contribution in [0.25, 0.3) is 0 Å². The van der Waals surface area contributed by atoms with Crippen LogP contribution in [0.15, 0.2) is 24.3 Å². The number of nitrogen functional groups attached to an aromatic ring is 1. The number of carbonyl (C=O) groups is 1. The van der Waals surface area contributed by atoms with E-state index in [1.165, 1.54) is 12.1 Å². The van der Waals surface area contributed by atoms with Gasteiger partial charge in [-0.2, -0.15) is 5.26 Å². The van der Waals surface area contributed by atoms with Crippen LogP contribution < -0.4 is 5.73 Å². The normalized spacial score (nSPS) is 10.1. The molecule has 0 aliphatic carbocycles. The van der Waals surface area contributed by atoms with E-state index in [2.05, 4.69) is 0 Å². The first kappa shape index (κ1) is 15.0. The summed E-state index contributed by atoms with van der Waals surface area (Å²) in [7, 11) is 0. The maximum Gasteiger partial charge on any atom is 0.350 e. The number of thiophene rings is 1. The van der Waals surface area contributed by atoms with E-state index in [0.717, 1.165) is 11.3 Å². The fraction of sp³-hybridized carbons (Fsp3) is 0.200. The van der Waals surface area contributed by atoms with Gasteiger partial charge in [0.1, 0.15) is 16.8 Å². The highest BCUT2D eigenvalue weighted by atomic mass is 32.1. The van der Waals surface area contributed by atoms with Crippen LogP contribution >= 0.6 is 11.3 Å². The molecule has 0 bridgehead atoms. The first-order valence-corrected chi connectivity index (χ1v) is 7.11. The Balaban J connectivity index is 2.38. The van der Waals surface area contributed by atoms with E-state index >= 15 is 0 Å². The summed E-state index contributed by atoms with van der Waals surface area (Å²) >= 11 is 1.11. The van der Waals surface area contributed by atoms with E-state index in [4.69, 9.17) is 10.5 Å². The maximum absolute atomic E-state index is 13.2. The number of nitrogens with zero attached hydrogens (tertiary/aromatic N) is 1. The van der Waals surface area contributed by atoms with Crippen LogP contribution in [0, 0.1) is 17.1 Å². The molecule has 0 aliphatic rings. The zero-order valence-corrected chi connectivity index (χ0v) is 12.2. The van der Waals surface area contributed by atoms with Crippen molar-refractivity contribution in [1.29, 1.82) is 5.26 Å². The molecule has 2 N–H and O–H groups in total. The lowest BCUT2D eigenvalue weighted by Gasteiger charge is -1.99. The Labute approximate surface area is 125 Å². The average Bonchev–Trinajstić information content (AvgIpc) is 2.75. The summed E-state index contributed by atoms with van der Waals surface area (Å²) in [5.74, 6) is -0.886. The summed E-state index contributed by atoms with van der Waals surface area (Å²) in [5.41, 5.74) is 6.94. The molecular formula is C15H13FN2O2S. The molecule has 0 spiro atoms.